The third-order valence-corrected chi connectivity index (χ3v) is 4.65. The summed E-state index contributed by atoms with van der Waals surface area (Å²) in [7, 11) is 0. The van der Waals surface area contributed by atoms with Crippen LogP contribution in [0.5, 0.6) is 5.75 Å². The van der Waals surface area contributed by atoms with E-state index in [4.69, 9.17) is 20.3 Å². The van der Waals surface area contributed by atoms with Gasteiger partial charge in [-0.2, -0.15) is 0 Å². The lowest BCUT2D eigenvalue weighted by atomic mass is 9.96. The predicted molar refractivity (Wildman–Crippen MR) is 119 cm³/mol. The second-order valence-corrected chi connectivity index (χ2v) is 7.52. The molecule has 0 saturated heterocycles. The fourth-order valence-corrected chi connectivity index (χ4v) is 2.84. The van der Waals surface area contributed by atoms with E-state index in [0.29, 0.717) is 45.6 Å². The molecule has 1 rings (SSSR count). The van der Waals surface area contributed by atoms with Crippen LogP contribution in [-0.4, -0.2) is 67.0 Å². The van der Waals surface area contributed by atoms with Gasteiger partial charge in [0.25, 0.3) is 0 Å². The van der Waals surface area contributed by atoms with Gasteiger partial charge in [0.2, 0.25) is 11.8 Å². The van der Waals surface area contributed by atoms with Gasteiger partial charge in [-0.05, 0) is 30.5 Å². The van der Waals surface area contributed by atoms with Gasteiger partial charge in [0.15, 0.2) is 0 Å². The number of benzene rings is 1. The second-order valence-electron chi connectivity index (χ2n) is 7.52. The van der Waals surface area contributed by atoms with Crippen molar-refractivity contribution in [2.24, 2.45) is 11.7 Å². The lowest BCUT2D eigenvalue weighted by molar-refractivity contribution is -0.141. The number of carboxylic acid groups (broad SMARTS) is 1. The van der Waals surface area contributed by atoms with Crippen molar-refractivity contribution in [2.75, 3.05) is 38.3 Å². The summed E-state index contributed by atoms with van der Waals surface area (Å²) in [5, 5.41) is 24.3. The summed E-state index contributed by atoms with van der Waals surface area (Å²) in [4.78, 5) is 34.1. The Bertz CT molecular complexity index is 742. The van der Waals surface area contributed by atoms with E-state index in [1.54, 1.807) is 26.0 Å². The third-order valence-electron chi connectivity index (χ3n) is 4.65. The number of carbonyl (C=O) groups is 3. The number of carbonyl (C=O) groups excluding carboxylic acids is 2. The zero-order valence-electron chi connectivity index (χ0n) is 18.8. The molecule has 0 radical (unpaired) electrons. The lowest BCUT2D eigenvalue weighted by Gasteiger charge is -2.15. The molecule has 1 aromatic carbocycles. The van der Waals surface area contributed by atoms with Crippen LogP contribution in [0.25, 0.3) is 0 Å². The summed E-state index contributed by atoms with van der Waals surface area (Å²) in [5.41, 5.74) is 7.08. The molecule has 0 spiro atoms. The molecule has 1 aromatic rings. The maximum atomic E-state index is 12.1. The molecule has 180 valence electrons. The number of anilines is 1. The van der Waals surface area contributed by atoms with Gasteiger partial charge < -0.3 is 36.1 Å². The van der Waals surface area contributed by atoms with Gasteiger partial charge in [-0.1, -0.05) is 19.9 Å². The van der Waals surface area contributed by atoms with E-state index >= 15 is 0 Å². The minimum absolute atomic E-state index is 0.0249. The summed E-state index contributed by atoms with van der Waals surface area (Å²) in [6.45, 7) is 5.09. The van der Waals surface area contributed by atoms with Crippen molar-refractivity contribution < 1.29 is 34.1 Å². The molecule has 0 aliphatic rings. The first-order chi connectivity index (χ1) is 15.2. The minimum atomic E-state index is -0.895. The number of nitrogens with one attached hydrogen (secondary N) is 2. The van der Waals surface area contributed by atoms with E-state index in [1.807, 2.05) is 0 Å². The molecule has 0 saturated carbocycles. The molecule has 0 bridgehead atoms. The number of hydrogen-bond donors (Lipinski definition) is 5. The van der Waals surface area contributed by atoms with Gasteiger partial charge in [0, 0.05) is 19.0 Å². The Labute approximate surface area is 188 Å². The van der Waals surface area contributed by atoms with E-state index in [0.717, 1.165) is 5.56 Å². The molecule has 6 N–H and O–H groups in total. The van der Waals surface area contributed by atoms with E-state index in [-0.39, 0.29) is 42.3 Å². The number of aliphatic carboxylic acids is 1. The number of nitrogens with two attached hydrogens (primary N) is 1. The Hall–Kier alpha value is -2.69. The Morgan fingerprint density at radius 2 is 1.78 bits per heavy atom. The summed E-state index contributed by atoms with van der Waals surface area (Å²) >= 11 is 0. The van der Waals surface area contributed by atoms with Crippen LogP contribution in [0.1, 0.15) is 38.7 Å². The van der Waals surface area contributed by atoms with E-state index in [2.05, 4.69) is 10.6 Å². The molecule has 1 unspecified atom stereocenters. The highest BCUT2D eigenvalue weighted by molar-refractivity contribution is 5.92. The third kappa shape index (κ3) is 11.6. The molecule has 0 heterocycles. The molecule has 0 aliphatic heterocycles. The number of phenols is 1. The largest absolute Gasteiger partial charge is 0.506 e. The van der Waals surface area contributed by atoms with Crippen LogP contribution in [0.3, 0.4) is 0 Å². The van der Waals surface area contributed by atoms with Gasteiger partial charge in [0.1, 0.15) is 5.75 Å². The van der Waals surface area contributed by atoms with Gasteiger partial charge in [-0.25, -0.2) is 0 Å². The number of hydrogen-bond acceptors (Lipinski definition) is 7. The van der Waals surface area contributed by atoms with Gasteiger partial charge in [-0.15, -0.1) is 0 Å². The van der Waals surface area contributed by atoms with Gasteiger partial charge >= 0.3 is 5.97 Å². The van der Waals surface area contributed by atoms with Crippen LogP contribution < -0.4 is 16.4 Å². The smallest absolute Gasteiger partial charge is 0.306 e. The molecule has 2 amide bonds. The molecular formula is C22H35N3O7. The second kappa shape index (κ2) is 15.2. The Morgan fingerprint density at radius 1 is 1.09 bits per heavy atom. The molecule has 0 aliphatic carbocycles. The molecule has 10 heteroatoms. The fourth-order valence-electron chi connectivity index (χ4n) is 2.84. The van der Waals surface area contributed by atoms with Crippen LogP contribution in [0.2, 0.25) is 0 Å². The first-order valence-electron chi connectivity index (χ1n) is 10.7. The number of rotatable bonds is 16. The van der Waals surface area contributed by atoms with Crippen LogP contribution in [-0.2, 0) is 30.3 Å². The average Bonchev–Trinajstić information content (AvgIpc) is 2.74. The van der Waals surface area contributed by atoms with Crippen LogP contribution in [0.15, 0.2) is 18.2 Å². The number of ether oxygens (including phenoxy) is 2. The topological polar surface area (TPSA) is 160 Å². The average molecular weight is 454 g/mol. The molecule has 10 nitrogen and oxygen atoms in total. The number of aromatic hydroxyl groups is 1. The summed E-state index contributed by atoms with van der Waals surface area (Å²) in [6, 6.07) is 4.43. The van der Waals surface area contributed by atoms with Crippen molar-refractivity contribution in [3.05, 3.63) is 23.8 Å². The highest BCUT2D eigenvalue weighted by Gasteiger charge is 2.16. The van der Waals surface area contributed by atoms with Gasteiger partial charge in [-0.3, -0.25) is 14.4 Å². The van der Waals surface area contributed by atoms with Crippen molar-refractivity contribution in [3.8, 4) is 5.75 Å². The fraction of sp³-hybridized carbons (Fsp3) is 0.591. The highest BCUT2D eigenvalue weighted by atomic mass is 16.5. The van der Waals surface area contributed by atoms with Crippen LogP contribution in [0, 0.1) is 5.92 Å². The first-order valence-corrected chi connectivity index (χ1v) is 10.7. The summed E-state index contributed by atoms with van der Waals surface area (Å²) in [6.07, 6.45) is 1.29. The van der Waals surface area contributed by atoms with Crippen molar-refractivity contribution >= 4 is 23.5 Å². The van der Waals surface area contributed by atoms with Crippen molar-refractivity contribution in [2.45, 2.75) is 45.6 Å². The van der Waals surface area contributed by atoms with Crippen molar-refractivity contribution in [3.63, 3.8) is 0 Å². The Morgan fingerprint density at radius 3 is 2.44 bits per heavy atom. The van der Waals surface area contributed by atoms with E-state index in [1.165, 1.54) is 6.07 Å². The van der Waals surface area contributed by atoms with E-state index < -0.39 is 11.9 Å². The quantitative estimate of drug-likeness (QED) is 0.185. The first kappa shape index (κ1) is 27.3. The molecule has 32 heavy (non-hydrogen) atoms. The number of amides is 2. The molecule has 0 aromatic heterocycles. The maximum absolute atomic E-state index is 12.1. The van der Waals surface area contributed by atoms with Crippen LogP contribution >= 0.6 is 0 Å². The predicted octanol–water partition coefficient (Wildman–Crippen LogP) is 1.26. The Kier molecular flexibility index (Phi) is 13.0. The van der Waals surface area contributed by atoms with Crippen molar-refractivity contribution in [1.29, 1.82) is 0 Å². The zero-order chi connectivity index (χ0) is 23.9. The maximum Gasteiger partial charge on any atom is 0.306 e. The molecule has 2 atom stereocenters. The monoisotopic (exact) mass is 453 g/mol. The number of phenolic OH excluding ortho intramolecular Hbond substituents is 1. The minimum Gasteiger partial charge on any atom is -0.506 e. The molecule has 0 fully saturated rings. The number of carboxylic acids is 1. The zero-order valence-corrected chi connectivity index (χ0v) is 18.8. The normalized spacial score (nSPS) is 12.7. The highest BCUT2D eigenvalue weighted by Crippen LogP contribution is 2.25. The van der Waals surface area contributed by atoms with Gasteiger partial charge in [0.05, 0.1) is 44.5 Å². The SMILES string of the molecule is CCC(=O)NCCOCCOCCC(=O)Nc1cc(C[C@H](N)CC(C)C(=O)O)ccc1O. The van der Waals surface area contributed by atoms with Crippen molar-refractivity contribution in [1.82, 2.24) is 5.32 Å². The van der Waals surface area contributed by atoms with E-state index in [9.17, 15) is 19.5 Å². The molecular weight excluding hydrogens is 418 g/mol. The lowest BCUT2D eigenvalue weighted by Crippen LogP contribution is -2.28. The Balaban J connectivity index is 2.30. The standard InChI is InChI=1S/C22H35N3O7/c1-3-20(27)24-7-9-32-11-10-31-8-6-21(28)25-18-14-16(4-5-19(18)26)13-17(23)12-15(2)22(29)30/h4-5,14-15,17,26H,3,6-13,23H2,1-2H3,(H,24,27)(H,25,28)(H,29,30)/t15?,17-/m1/s1. The summed E-state index contributed by atoms with van der Waals surface area (Å²) < 4.78 is 10.7. The van der Waals surface area contributed by atoms with Crippen LogP contribution in [0.4, 0.5) is 5.69 Å². The summed E-state index contributed by atoms with van der Waals surface area (Å²) in [5.74, 6) is -1.85.